The predicted octanol–water partition coefficient (Wildman–Crippen LogP) is 3.62. The molecule has 0 saturated heterocycles. The molecule has 0 spiro atoms. The minimum atomic E-state index is -0.383. The lowest BCUT2D eigenvalue weighted by molar-refractivity contribution is -0.131. The Kier molecular flexibility index (Phi) is 6.82. The first-order chi connectivity index (χ1) is 11.8. The summed E-state index contributed by atoms with van der Waals surface area (Å²) in [7, 11) is 3.33. The smallest absolute Gasteiger partial charge is 0.308 e. The van der Waals surface area contributed by atoms with Crippen LogP contribution < -0.4 is 10.3 Å². The van der Waals surface area contributed by atoms with Gasteiger partial charge in [-0.3, -0.25) is 9.59 Å². The number of hydrogen-bond donors (Lipinski definition) is 0. The zero-order chi connectivity index (χ0) is 18.7. The third-order valence-corrected chi connectivity index (χ3v) is 6.28. The molecule has 1 atom stereocenters. The quantitative estimate of drug-likeness (QED) is 0.364. The summed E-state index contributed by atoms with van der Waals surface area (Å²) < 4.78 is 12.4. The van der Waals surface area contributed by atoms with E-state index >= 15 is 0 Å². The Balaban J connectivity index is 2.91. The molecule has 2 rings (SSSR count). The van der Waals surface area contributed by atoms with Crippen molar-refractivity contribution in [3.63, 3.8) is 0 Å². The van der Waals surface area contributed by atoms with Crippen molar-refractivity contribution < 1.29 is 14.3 Å². The van der Waals surface area contributed by atoms with E-state index in [4.69, 9.17) is 9.47 Å². The second-order valence-electron chi connectivity index (χ2n) is 5.95. The van der Waals surface area contributed by atoms with Crippen LogP contribution >= 0.6 is 31.9 Å². The molecule has 0 fully saturated rings. The monoisotopic (exact) mass is 473 g/mol. The van der Waals surface area contributed by atoms with Crippen LogP contribution in [0.3, 0.4) is 0 Å². The van der Waals surface area contributed by atoms with Gasteiger partial charge in [0.2, 0.25) is 0 Å². The van der Waals surface area contributed by atoms with E-state index < -0.39 is 0 Å². The number of benzene rings is 1. The molecule has 1 unspecified atom stereocenters. The zero-order valence-electron chi connectivity index (χ0n) is 14.7. The highest BCUT2D eigenvalue weighted by atomic mass is 79.9. The number of carbonyl (C=O) groups excluding carboxylic acids is 1. The number of esters is 1. The summed E-state index contributed by atoms with van der Waals surface area (Å²) in [5.74, 6) is 0.140. The molecular formula is C18H21Br2NO4. The number of ether oxygens (including phenoxy) is 2. The number of aryl methyl sites for hydroxylation is 2. The van der Waals surface area contributed by atoms with Gasteiger partial charge in [-0.2, -0.15) is 0 Å². The second kappa shape index (κ2) is 8.47. The lowest BCUT2D eigenvalue weighted by Crippen LogP contribution is -2.21. The minimum Gasteiger partial charge on any atom is -0.426 e. The van der Waals surface area contributed by atoms with Crippen LogP contribution in [-0.4, -0.2) is 27.8 Å². The van der Waals surface area contributed by atoms with Crippen LogP contribution in [0.15, 0.2) is 16.9 Å². The molecule has 0 aliphatic heterocycles. The molecule has 1 aromatic carbocycles. The fourth-order valence-corrected chi connectivity index (χ4v) is 3.50. The summed E-state index contributed by atoms with van der Waals surface area (Å²) >= 11 is 7.08. The molecule has 25 heavy (non-hydrogen) atoms. The standard InChI is InChI=1S/C18H21Br2NO4/c1-10-5-14-12(9-24-4)6-16(23)21(3)17(14)15(7-13(20)8-19)18(10)25-11(2)22/h5-6,13H,7-9H2,1-4H3. The minimum absolute atomic E-state index is 0.122. The molecule has 1 heterocycles. The van der Waals surface area contributed by atoms with Crippen LogP contribution in [-0.2, 0) is 29.6 Å². The van der Waals surface area contributed by atoms with Crippen molar-refractivity contribution in [2.45, 2.75) is 31.7 Å². The number of pyridine rings is 1. The molecule has 0 N–H and O–H groups in total. The van der Waals surface area contributed by atoms with Gasteiger partial charge in [-0.15, -0.1) is 0 Å². The summed E-state index contributed by atoms with van der Waals surface area (Å²) in [4.78, 5) is 24.2. The zero-order valence-corrected chi connectivity index (χ0v) is 17.9. The largest absolute Gasteiger partial charge is 0.426 e. The molecular weight excluding hydrogens is 454 g/mol. The van der Waals surface area contributed by atoms with Gasteiger partial charge in [0.25, 0.3) is 5.56 Å². The first kappa shape index (κ1) is 20.1. The first-order valence-electron chi connectivity index (χ1n) is 7.82. The Morgan fingerprint density at radius 3 is 2.60 bits per heavy atom. The first-order valence-corrected chi connectivity index (χ1v) is 9.86. The van der Waals surface area contributed by atoms with E-state index in [1.807, 2.05) is 13.0 Å². The van der Waals surface area contributed by atoms with Crippen molar-refractivity contribution in [3.8, 4) is 5.75 Å². The van der Waals surface area contributed by atoms with E-state index in [2.05, 4.69) is 31.9 Å². The highest BCUT2D eigenvalue weighted by Gasteiger charge is 2.21. The normalized spacial score (nSPS) is 12.4. The predicted molar refractivity (Wildman–Crippen MR) is 106 cm³/mol. The second-order valence-corrected chi connectivity index (χ2v) is 7.89. The molecule has 0 radical (unpaired) electrons. The summed E-state index contributed by atoms with van der Waals surface area (Å²) in [5, 5.41) is 1.66. The third kappa shape index (κ3) is 4.33. The Hall–Kier alpha value is -1.18. The van der Waals surface area contributed by atoms with Crippen LogP contribution in [0.25, 0.3) is 10.9 Å². The number of carbonyl (C=O) groups is 1. The number of aromatic nitrogens is 1. The van der Waals surface area contributed by atoms with Crippen molar-refractivity contribution in [2.75, 3.05) is 12.4 Å². The maximum atomic E-state index is 12.4. The summed E-state index contributed by atoms with van der Waals surface area (Å²) in [6.45, 7) is 3.62. The number of hydrogen-bond acceptors (Lipinski definition) is 4. The number of halogens is 2. The average Bonchev–Trinajstić information content (AvgIpc) is 2.55. The van der Waals surface area contributed by atoms with E-state index in [1.54, 1.807) is 24.8 Å². The lowest BCUT2D eigenvalue weighted by atomic mass is 9.97. The molecule has 0 aliphatic rings. The molecule has 7 heteroatoms. The molecule has 0 saturated carbocycles. The molecule has 0 amide bonds. The van der Waals surface area contributed by atoms with Gasteiger partial charge in [-0.05, 0) is 30.5 Å². The van der Waals surface area contributed by atoms with Gasteiger partial charge in [-0.1, -0.05) is 31.9 Å². The SMILES string of the molecule is COCc1cc(=O)n(C)c2c(CC(Br)CBr)c(OC(C)=O)c(C)cc12. The van der Waals surface area contributed by atoms with Crippen molar-refractivity contribution in [3.05, 3.63) is 39.2 Å². The van der Waals surface area contributed by atoms with Crippen LogP contribution in [0.4, 0.5) is 0 Å². The van der Waals surface area contributed by atoms with E-state index in [-0.39, 0.29) is 16.4 Å². The highest BCUT2D eigenvalue weighted by Crippen LogP contribution is 2.35. The van der Waals surface area contributed by atoms with Crippen molar-refractivity contribution in [1.29, 1.82) is 0 Å². The van der Waals surface area contributed by atoms with E-state index in [0.29, 0.717) is 18.8 Å². The fourth-order valence-electron chi connectivity index (χ4n) is 2.95. The number of methoxy groups -OCH3 is 1. The Morgan fingerprint density at radius 2 is 2.04 bits per heavy atom. The van der Waals surface area contributed by atoms with Crippen LogP contribution in [0.2, 0.25) is 0 Å². The third-order valence-electron chi connectivity index (χ3n) is 3.98. The van der Waals surface area contributed by atoms with Gasteiger partial charge >= 0.3 is 5.97 Å². The summed E-state index contributed by atoms with van der Waals surface area (Å²) in [6, 6.07) is 3.54. The molecule has 0 bridgehead atoms. The van der Waals surface area contributed by atoms with E-state index in [1.165, 1.54) is 6.92 Å². The maximum Gasteiger partial charge on any atom is 0.308 e. The molecule has 2 aromatic rings. The Labute approximate surface area is 163 Å². The van der Waals surface area contributed by atoms with Crippen molar-refractivity contribution in [2.24, 2.45) is 7.05 Å². The molecule has 5 nitrogen and oxygen atoms in total. The molecule has 1 aromatic heterocycles. The van der Waals surface area contributed by atoms with Crippen LogP contribution in [0.1, 0.15) is 23.6 Å². The van der Waals surface area contributed by atoms with E-state index in [0.717, 1.165) is 32.9 Å². The Morgan fingerprint density at radius 1 is 1.36 bits per heavy atom. The van der Waals surface area contributed by atoms with Crippen LogP contribution in [0, 0.1) is 6.92 Å². The number of alkyl halides is 2. The number of fused-ring (bicyclic) bond motifs is 1. The molecule has 0 aliphatic carbocycles. The average molecular weight is 475 g/mol. The van der Waals surface area contributed by atoms with Gasteiger partial charge in [-0.25, -0.2) is 0 Å². The maximum absolute atomic E-state index is 12.4. The summed E-state index contributed by atoms with van der Waals surface area (Å²) in [6.07, 6.45) is 0.607. The van der Waals surface area contributed by atoms with Gasteiger partial charge in [0, 0.05) is 48.3 Å². The number of rotatable bonds is 6. The fraction of sp³-hybridized carbons (Fsp3) is 0.444. The summed E-state index contributed by atoms with van der Waals surface area (Å²) in [5.41, 5.74) is 3.16. The van der Waals surface area contributed by atoms with Crippen molar-refractivity contribution in [1.82, 2.24) is 4.57 Å². The van der Waals surface area contributed by atoms with Crippen molar-refractivity contribution >= 4 is 48.7 Å². The molecule has 136 valence electrons. The van der Waals surface area contributed by atoms with Gasteiger partial charge in [0.1, 0.15) is 5.75 Å². The van der Waals surface area contributed by atoms with Gasteiger partial charge in [0.05, 0.1) is 12.1 Å². The number of nitrogens with zero attached hydrogens (tertiary/aromatic N) is 1. The van der Waals surface area contributed by atoms with Crippen LogP contribution in [0.5, 0.6) is 5.75 Å². The lowest BCUT2D eigenvalue weighted by Gasteiger charge is -2.20. The highest BCUT2D eigenvalue weighted by molar-refractivity contribution is 9.12. The topological polar surface area (TPSA) is 57.5 Å². The Bertz CT molecular complexity index is 861. The van der Waals surface area contributed by atoms with E-state index in [9.17, 15) is 9.59 Å². The van der Waals surface area contributed by atoms with Gasteiger partial charge < -0.3 is 14.0 Å². The van der Waals surface area contributed by atoms with Gasteiger partial charge in [0.15, 0.2) is 0 Å².